The number of benzene rings is 1. The lowest BCUT2D eigenvalue weighted by molar-refractivity contribution is 0.536. The first-order valence-electron chi connectivity index (χ1n) is 4.28. The highest BCUT2D eigenvalue weighted by Crippen LogP contribution is 2.27. The fourth-order valence-corrected chi connectivity index (χ4v) is 1.42. The van der Waals surface area contributed by atoms with E-state index in [1.54, 1.807) is 6.92 Å². The molecule has 0 atom stereocenters. The standard InChI is InChI=1S/C11H14F2/c1-7-9(11(2,3)4)5-8(12)6-10(7)13/h5-6H,1-4H3. The third-order valence-corrected chi connectivity index (χ3v) is 2.12. The average molecular weight is 184 g/mol. The lowest BCUT2D eigenvalue weighted by Crippen LogP contribution is -2.14. The summed E-state index contributed by atoms with van der Waals surface area (Å²) in [7, 11) is 0. The van der Waals surface area contributed by atoms with Gasteiger partial charge in [-0.1, -0.05) is 20.8 Å². The lowest BCUT2D eigenvalue weighted by atomic mass is 9.84. The minimum Gasteiger partial charge on any atom is -0.207 e. The van der Waals surface area contributed by atoms with Crippen LogP contribution in [0.1, 0.15) is 31.9 Å². The Balaban J connectivity index is 3.37. The van der Waals surface area contributed by atoms with Crippen LogP contribution in [0, 0.1) is 18.6 Å². The van der Waals surface area contributed by atoms with Crippen molar-refractivity contribution < 1.29 is 8.78 Å². The number of hydrogen-bond acceptors (Lipinski definition) is 0. The van der Waals surface area contributed by atoms with E-state index < -0.39 is 11.6 Å². The van der Waals surface area contributed by atoms with Gasteiger partial charge in [0.05, 0.1) is 0 Å². The van der Waals surface area contributed by atoms with Crippen molar-refractivity contribution in [1.29, 1.82) is 0 Å². The topological polar surface area (TPSA) is 0 Å². The molecule has 0 saturated carbocycles. The van der Waals surface area contributed by atoms with E-state index >= 15 is 0 Å². The summed E-state index contributed by atoms with van der Waals surface area (Å²) in [5.41, 5.74) is 1.05. The zero-order valence-electron chi connectivity index (χ0n) is 8.41. The van der Waals surface area contributed by atoms with Crippen LogP contribution < -0.4 is 0 Å². The van der Waals surface area contributed by atoms with Crippen LogP contribution in [0.3, 0.4) is 0 Å². The minimum atomic E-state index is -0.506. The fraction of sp³-hybridized carbons (Fsp3) is 0.455. The molecule has 0 aromatic heterocycles. The zero-order chi connectivity index (χ0) is 10.2. The Kier molecular flexibility index (Phi) is 2.42. The average Bonchev–Trinajstić information content (AvgIpc) is 1.94. The van der Waals surface area contributed by atoms with Gasteiger partial charge in [0, 0.05) is 6.07 Å². The van der Waals surface area contributed by atoms with Gasteiger partial charge < -0.3 is 0 Å². The second-order valence-corrected chi connectivity index (χ2v) is 4.31. The van der Waals surface area contributed by atoms with Crippen molar-refractivity contribution in [3.05, 3.63) is 34.9 Å². The quantitative estimate of drug-likeness (QED) is 0.578. The Morgan fingerprint density at radius 2 is 1.62 bits per heavy atom. The maximum absolute atomic E-state index is 13.1. The summed E-state index contributed by atoms with van der Waals surface area (Å²) in [6, 6.07) is 2.32. The van der Waals surface area contributed by atoms with Crippen LogP contribution >= 0.6 is 0 Å². The molecule has 1 rings (SSSR count). The summed E-state index contributed by atoms with van der Waals surface area (Å²) in [6.45, 7) is 7.49. The molecule has 0 bridgehead atoms. The molecule has 2 heteroatoms. The molecule has 0 amide bonds. The van der Waals surface area contributed by atoms with E-state index in [2.05, 4.69) is 0 Å². The third-order valence-electron chi connectivity index (χ3n) is 2.12. The van der Waals surface area contributed by atoms with Crippen molar-refractivity contribution in [2.75, 3.05) is 0 Å². The SMILES string of the molecule is Cc1c(F)cc(F)cc1C(C)(C)C. The Morgan fingerprint density at radius 3 is 2.08 bits per heavy atom. The van der Waals surface area contributed by atoms with Gasteiger partial charge >= 0.3 is 0 Å². The first-order valence-corrected chi connectivity index (χ1v) is 4.28. The molecule has 1 aromatic rings. The summed E-state index contributed by atoms with van der Waals surface area (Å²) >= 11 is 0. The van der Waals surface area contributed by atoms with Crippen molar-refractivity contribution >= 4 is 0 Å². The van der Waals surface area contributed by atoms with E-state index in [-0.39, 0.29) is 5.41 Å². The highest BCUT2D eigenvalue weighted by molar-refractivity contribution is 5.33. The Bertz CT molecular complexity index is 322. The van der Waals surface area contributed by atoms with Crippen molar-refractivity contribution in [2.45, 2.75) is 33.1 Å². The van der Waals surface area contributed by atoms with E-state index in [0.717, 1.165) is 11.6 Å². The predicted octanol–water partition coefficient (Wildman–Crippen LogP) is 3.57. The fourth-order valence-electron chi connectivity index (χ4n) is 1.42. The Morgan fingerprint density at radius 1 is 1.08 bits per heavy atom. The lowest BCUT2D eigenvalue weighted by Gasteiger charge is -2.21. The second-order valence-electron chi connectivity index (χ2n) is 4.31. The van der Waals surface area contributed by atoms with Gasteiger partial charge in [0.2, 0.25) is 0 Å². The molecule has 0 aliphatic rings. The van der Waals surface area contributed by atoms with E-state index in [0.29, 0.717) is 5.56 Å². The molecule has 0 N–H and O–H groups in total. The molecule has 0 radical (unpaired) electrons. The minimum absolute atomic E-state index is 0.215. The van der Waals surface area contributed by atoms with E-state index in [1.165, 1.54) is 6.07 Å². The van der Waals surface area contributed by atoms with E-state index in [9.17, 15) is 8.78 Å². The maximum Gasteiger partial charge on any atom is 0.129 e. The smallest absolute Gasteiger partial charge is 0.129 e. The Hall–Kier alpha value is -0.920. The molecular weight excluding hydrogens is 170 g/mol. The van der Waals surface area contributed by atoms with Gasteiger partial charge in [-0.25, -0.2) is 8.78 Å². The molecule has 0 fully saturated rings. The van der Waals surface area contributed by atoms with Crippen LogP contribution in [0.5, 0.6) is 0 Å². The highest BCUT2D eigenvalue weighted by Gasteiger charge is 2.19. The molecule has 13 heavy (non-hydrogen) atoms. The molecule has 0 nitrogen and oxygen atoms in total. The molecular formula is C11H14F2. The number of halogens is 2. The molecule has 1 aromatic carbocycles. The van der Waals surface area contributed by atoms with Gasteiger partial charge in [0.25, 0.3) is 0 Å². The number of rotatable bonds is 0. The molecule has 0 aliphatic heterocycles. The van der Waals surface area contributed by atoms with Gasteiger partial charge in [0.1, 0.15) is 11.6 Å². The largest absolute Gasteiger partial charge is 0.207 e. The van der Waals surface area contributed by atoms with Gasteiger partial charge in [-0.15, -0.1) is 0 Å². The van der Waals surface area contributed by atoms with Gasteiger partial charge in [0.15, 0.2) is 0 Å². The summed E-state index contributed by atoms with van der Waals surface area (Å²) in [5.74, 6) is -0.974. The molecule has 0 aliphatic carbocycles. The highest BCUT2D eigenvalue weighted by atomic mass is 19.1. The van der Waals surface area contributed by atoms with Crippen molar-refractivity contribution in [2.24, 2.45) is 0 Å². The van der Waals surface area contributed by atoms with Crippen molar-refractivity contribution in [3.8, 4) is 0 Å². The van der Waals surface area contributed by atoms with Crippen LogP contribution in [-0.4, -0.2) is 0 Å². The molecule has 0 spiro atoms. The van der Waals surface area contributed by atoms with Crippen molar-refractivity contribution in [3.63, 3.8) is 0 Å². The van der Waals surface area contributed by atoms with Gasteiger partial charge in [-0.05, 0) is 29.5 Å². The second kappa shape index (κ2) is 3.09. The van der Waals surface area contributed by atoms with Crippen LogP contribution in [0.2, 0.25) is 0 Å². The van der Waals surface area contributed by atoms with Crippen molar-refractivity contribution in [1.82, 2.24) is 0 Å². The van der Waals surface area contributed by atoms with E-state index in [1.807, 2.05) is 20.8 Å². The summed E-state index contributed by atoms with van der Waals surface area (Å²) in [6.07, 6.45) is 0. The summed E-state index contributed by atoms with van der Waals surface area (Å²) in [5, 5.41) is 0. The molecule has 0 unspecified atom stereocenters. The molecule has 0 saturated heterocycles. The summed E-state index contributed by atoms with van der Waals surface area (Å²) in [4.78, 5) is 0. The Labute approximate surface area is 77.6 Å². The predicted molar refractivity (Wildman–Crippen MR) is 49.8 cm³/mol. The molecule has 0 heterocycles. The number of hydrogen-bond donors (Lipinski definition) is 0. The normalized spacial score (nSPS) is 11.8. The van der Waals surface area contributed by atoms with Crippen LogP contribution in [-0.2, 0) is 5.41 Å². The third kappa shape index (κ3) is 2.06. The zero-order valence-corrected chi connectivity index (χ0v) is 8.41. The van der Waals surface area contributed by atoms with Crippen LogP contribution in [0.4, 0.5) is 8.78 Å². The first-order chi connectivity index (χ1) is 5.82. The van der Waals surface area contributed by atoms with Gasteiger partial charge in [-0.2, -0.15) is 0 Å². The van der Waals surface area contributed by atoms with E-state index in [4.69, 9.17) is 0 Å². The summed E-state index contributed by atoms with van der Waals surface area (Å²) < 4.78 is 26.0. The van der Waals surface area contributed by atoms with Gasteiger partial charge in [-0.3, -0.25) is 0 Å². The van der Waals surface area contributed by atoms with Crippen LogP contribution in [0.15, 0.2) is 12.1 Å². The maximum atomic E-state index is 13.1. The van der Waals surface area contributed by atoms with Crippen LogP contribution in [0.25, 0.3) is 0 Å². The molecule has 72 valence electrons. The monoisotopic (exact) mass is 184 g/mol. The first kappa shape index (κ1) is 10.2.